The van der Waals surface area contributed by atoms with Crippen LogP contribution in [0.4, 0.5) is 0 Å². The lowest BCUT2D eigenvalue weighted by Gasteiger charge is -2.65. The molecule has 0 N–H and O–H groups in total. The molecule has 0 aromatic heterocycles. The first kappa shape index (κ1) is 24.8. The van der Waals surface area contributed by atoms with E-state index in [4.69, 9.17) is 4.74 Å². The Balaban J connectivity index is 0.00000119. The zero-order valence-electron chi connectivity index (χ0n) is 21.4. The van der Waals surface area contributed by atoms with Gasteiger partial charge >= 0.3 is 5.97 Å². The van der Waals surface area contributed by atoms with Crippen LogP contribution in [0, 0.1) is 59.2 Å². The van der Waals surface area contributed by atoms with E-state index in [0.717, 1.165) is 53.5 Å². The van der Waals surface area contributed by atoms with Crippen molar-refractivity contribution in [3.63, 3.8) is 0 Å². The van der Waals surface area contributed by atoms with E-state index in [1.807, 2.05) is 13.8 Å². The Morgan fingerprint density at radius 2 is 1.75 bits per heavy atom. The molecule has 182 valence electrons. The molecule has 0 saturated heterocycles. The van der Waals surface area contributed by atoms with E-state index in [-0.39, 0.29) is 18.0 Å². The number of ether oxygens (including phenoxy) is 1. The molecule has 0 spiro atoms. The molecular formula is C29H49O2P. The van der Waals surface area contributed by atoms with Crippen LogP contribution in [0.5, 0.6) is 0 Å². The number of carbonyl (C=O) groups is 1. The highest BCUT2D eigenvalue weighted by Crippen LogP contribution is 2.74. The van der Waals surface area contributed by atoms with Crippen LogP contribution in [-0.4, -0.2) is 17.7 Å². The van der Waals surface area contributed by atoms with E-state index < -0.39 is 0 Å². The van der Waals surface area contributed by atoms with E-state index in [0.29, 0.717) is 11.8 Å². The Morgan fingerprint density at radius 1 is 1.03 bits per heavy atom. The van der Waals surface area contributed by atoms with Gasteiger partial charge in [0.05, 0.1) is 5.92 Å². The third kappa shape index (κ3) is 4.36. The second kappa shape index (κ2) is 10.1. The van der Waals surface area contributed by atoms with Gasteiger partial charge in [0.15, 0.2) is 0 Å². The third-order valence-corrected chi connectivity index (χ3v) is 11.4. The second-order valence-electron chi connectivity index (χ2n) is 11.9. The van der Waals surface area contributed by atoms with Crippen LogP contribution >= 0.6 is 9.24 Å². The molecule has 5 saturated carbocycles. The minimum Gasteiger partial charge on any atom is -0.462 e. The Hall–Kier alpha value is -0.360. The van der Waals surface area contributed by atoms with Crippen LogP contribution < -0.4 is 0 Å². The number of esters is 1. The molecule has 3 heteroatoms. The number of fused-ring (bicyclic) bond motifs is 8. The minimum absolute atomic E-state index is 0.114. The number of carbonyl (C=O) groups excluding carboxylic acids is 1. The second-order valence-corrected chi connectivity index (χ2v) is 12.7. The molecule has 32 heavy (non-hydrogen) atoms. The molecule has 2 nitrogen and oxygen atoms in total. The summed E-state index contributed by atoms with van der Waals surface area (Å²) >= 11 is 0. The molecular weight excluding hydrogens is 411 g/mol. The zero-order chi connectivity index (χ0) is 23.2. The van der Waals surface area contributed by atoms with Gasteiger partial charge in [0.1, 0.15) is 6.10 Å². The maximum absolute atomic E-state index is 12.3. The van der Waals surface area contributed by atoms with Gasteiger partial charge in [-0.1, -0.05) is 59.6 Å². The normalized spacial score (nSPS) is 44.1. The number of hydrogen-bond donors (Lipinski definition) is 0. The summed E-state index contributed by atoms with van der Waals surface area (Å²) in [4.78, 5) is 12.3. The van der Waals surface area contributed by atoms with Gasteiger partial charge in [-0.05, 0) is 97.9 Å². The van der Waals surface area contributed by atoms with Crippen molar-refractivity contribution < 1.29 is 9.53 Å². The first-order valence-electron chi connectivity index (χ1n) is 14.0. The SMILES string of the molecule is C=C(CCCCC(C)C(P)CC)C1CC2CC1C1C2C2CC(OC(=O)C3CC3C)C21.CC. The van der Waals surface area contributed by atoms with E-state index >= 15 is 0 Å². The van der Waals surface area contributed by atoms with E-state index in [1.165, 1.54) is 51.4 Å². The first-order valence-corrected chi connectivity index (χ1v) is 14.7. The van der Waals surface area contributed by atoms with Crippen molar-refractivity contribution in [1.82, 2.24) is 0 Å². The molecule has 0 amide bonds. The van der Waals surface area contributed by atoms with E-state index in [2.05, 4.69) is 36.6 Å². The lowest BCUT2D eigenvalue weighted by Crippen LogP contribution is -2.64. The molecule has 5 aliphatic rings. The Morgan fingerprint density at radius 3 is 2.41 bits per heavy atom. The van der Waals surface area contributed by atoms with Crippen molar-refractivity contribution in [2.75, 3.05) is 0 Å². The monoisotopic (exact) mass is 460 g/mol. The molecule has 0 radical (unpaired) electrons. The summed E-state index contributed by atoms with van der Waals surface area (Å²) in [5.41, 5.74) is 2.32. The van der Waals surface area contributed by atoms with E-state index in [1.54, 1.807) is 5.57 Å². The highest BCUT2D eigenvalue weighted by atomic mass is 31.0. The molecule has 0 heterocycles. The minimum atomic E-state index is 0.114. The number of rotatable bonds is 10. The van der Waals surface area contributed by atoms with Crippen molar-refractivity contribution in [3.8, 4) is 0 Å². The third-order valence-electron chi connectivity index (χ3n) is 10.3. The molecule has 0 aromatic carbocycles. The maximum Gasteiger partial charge on any atom is 0.309 e. The largest absolute Gasteiger partial charge is 0.462 e. The lowest BCUT2D eigenvalue weighted by atomic mass is 9.41. The fourth-order valence-electron chi connectivity index (χ4n) is 8.19. The quantitative estimate of drug-likeness (QED) is 0.146. The van der Waals surface area contributed by atoms with Gasteiger partial charge in [-0.25, -0.2) is 0 Å². The Kier molecular flexibility index (Phi) is 7.81. The molecule has 0 aliphatic heterocycles. The highest BCUT2D eigenvalue weighted by Gasteiger charge is 2.71. The van der Waals surface area contributed by atoms with Gasteiger partial charge in [-0.2, -0.15) is 0 Å². The van der Waals surface area contributed by atoms with Crippen molar-refractivity contribution in [2.24, 2.45) is 59.2 Å². The molecule has 5 aliphatic carbocycles. The molecule has 13 atom stereocenters. The van der Waals surface area contributed by atoms with Crippen LogP contribution in [0.1, 0.15) is 92.4 Å². The van der Waals surface area contributed by atoms with E-state index in [9.17, 15) is 4.79 Å². The smallest absolute Gasteiger partial charge is 0.309 e. The predicted molar refractivity (Wildman–Crippen MR) is 137 cm³/mol. The summed E-state index contributed by atoms with van der Waals surface area (Å²) < 4.78 is 5.99. The summed E-state index contributed by atoms with van der Waals surface area (Å²) in [5, 5.41) is 0. The van der Waals surface area contributed by atoms with Crippen LogP contribution in [0.15, 0.2) is 12.2 Å². The summed E-state index contributed by atoms with van der Waals surface area (Å²) in [6, 6.07) is 0. The average Bonchev–Trinajstić information content (AvgIpc) is 3.25. The van der Waals surface area contributed by atoms with Crippen LogP contribution in [0.2, 0.25) is 0 Å². The summed E-state index contributed by atoms with van der Waals surface area (Å²) in [6.45, 7) is 15.5. The van der Waals surface area contributed by atoms with Crippen molar-refractivity contribution in [2.45, 2.75) is 104 Å². The van der Waals surface area contributed by atoms with Crippen molar-refractivity contribution in [1.29, 1.82) is 0 Å². The molecule has 2 bridgehead atoms. The molecule has 5 rings (SSSR count). The Labute approximate surface area is 200 Å². The van der Waals surface area contributed by atoms with Crippen LogP contribution in [-0.2, 0) is 9.53 Å². The molecule has 5 fully saturated rings. The summed E-state index contributed by atoms with van der Waals surface area (Å²) in [7, 11) is 3.03. The number of allylic oxidation sites excluding steroid dienone is 1. The maximum atomic E-state index is 12.3. The van der Waals surface area contributed by atoms with Gasteiger partial charge in [-0.3, -0.25) is 4.79 Å². The zero-order valence-corrected chi connectivity index (χ0v) is 22.5. The summed E-state index contributed by atoms with van der Waals surface area (Å²) in [5.74, 6) is 7.67. The van der Waals surface area contributed by atoms with Crippen molar-refractivity contribution in [3.05, 3.63) is 12.2 Å². The number of hydrogen-bond acceptors (Lipinski definition) is 2. The standard InChI is InChI=1S/C27H43O2P.C2H6/c1-5-23(30)15(3)9-7-6-8-14(2)18-11-17-12-20(18)26-24(17)21-13-22(25(21)26)29-27(28)19-10-16(19)4;1-2/h15-26H,2,5-13,30H2,1,3-4H3;1-2H3. The Bertz CT molecular complexity index is 689. The predicted octanol–water partition coefficient (Wildman–Crippen LogP) is 7.52. The molecule has 13 unspecified atom stereocenters. The molecule has 0 aromatic rings. The first-order chi connectivity index (χ1) is 15.4. The van der Waals surface area contributed by atoms with Crippen LogP contribution in [0.3, 0.4) is 0 Å². The van der Waals surface area contributed by atoms with Gasteiger partial charge in [0.25, 0.3) is 0 Å². The van der Waals surface area contributed by atoms with Gasteiger partial charge < -0.3 is 4.74 Å². The fraction of sp³-hybridized carbons (Fsp3) is 0.897. The highest BCUT2D eigenvalue weighted by molar-refractivity contribution is 7.17. The number of unbranched alkanes of at least 4 members (excludes halogenated alkanes) is 1. The summed E-state index contributed by atoms with van der Waals surface area (Å²) in [6.07, 6.45) is 11.8. The van der Waals surface area contributed by atoms with Crippen molar-refractivity contribution >= 4 is 15.2 Å². The average molecular weight is 461 g/mol. The fourth-order valence-corrected chi connectivity index (χ4v) is 8.39. The van der Waals surface area contributed by atoms with Gasteiger partial charge in [-0.15, -0.1) is 9.24 Å². The van der Waals surface area contributed by atoms with Crippen LogP contribution in [0.25, 0.3) is 0 Å². The topological polar surface area (TPSA) is 26.3 Å². The lowest BCUT2D eigenvalue weighted by molar-refractivity contribution is -0.228. The van der Waals surface area contributed by atoms with Gasteiger partial charge in [0.2, 0.25) is 0 Å². The van der Waals surface area contributed by atoms with Gasteiger partial charge in [0, 0.05) is 5.92 Å².